The van der Waals surface area contributed by atoms with Crippen molar-refractivity contribution in [3.63, 3.8) is 0 Å². The molecule has 3 saturated carbocycles. The lowest BCUT2D eigenvalue weighted by Crippen LogP contribution is -2.67. The predicted molar refractivity (Wildman–Crippen MR) is 268 cm³/mol. The molecule has 0 bridgehead atoms. The minimum atomic E-state index is -2.09. The topological polar surface area (TPSA) is 398 Å². The number of allylic oxidation sites excluding steroid dienone is 1. The van der Waals surface area contributed by atoms with E-state index in [1.165, 1.54) is 19.4 Å². The van der Waals surface area contributed by atoms with Crippen molar-refractivity contribution in [2.45, 2.75) is 253 Å². The average molecular weight is 1130 g/mol. The van der Waals surface area contributed by atoms with E-state index in [0.717, 1.165) is 25.7 Å². The zero-order valence-electron chi connectivity index (χ0n) is 46.1. The fourth-order valence-corrected chi connectivity index (χ4v) is 15.5. The standard InChI is InChI=1S/C54H92O24/c1-22(23-15-16-52(6)30-12-10-24-25(11-13-31(58)50(24,2)3)54(30,8)32(59)17-53(23,52)7)9-14-33(51(4,5)70)76-49-45(39(65)36(62)29(75-49)21-71-46-41(67)37(63)34(60)26(18-55)72-46)78-48-43(69)40(66)44(28(20-57)74-48)77-47-42(68)38(64)35(61)27(19-56)73-47/h10,22-23,25-49,55-70H,9,11-21H2,1-8H3/t22-,23?,25?,26-,27-,28-,29-,30?,31+,32-,33-,34-,35-,36-,37+,38+,39+,40-,41-,42-,43-,44-,45-,46+,47+,48+,49+,52+,53-,54+/m1/s1. The van der Waals surface area contributed by atoms with Crippen molar-refractivity contribution in [1.29, 1.82) is 0 Å². The Kier molecular flexibility index (Phi) is 19.1. The monoisotopic (exact) mass is 1120 g/mol. The van der Waals surface area contributed by atoms with E-state index >= 15 is 0 Å². The van der Waals surface area contributed by atoms with Gasteiger partial charge >= 0.3 is 0 Å². The lowest BCUT2D eigenvalue weighted by molar-refractivity contribution is -0.391. The van der Waals surface area contributed by atoms with Gasteiger partial charge < -0.3 is 120 Å². The molecule has 0 amide bonds. The number of aliphatic hydroxyl groups is 16. The fourth-order valence-electron chi connectivity index (χ4n) is 15.5. The summed E-state index contributed by atoms with van der Waals surface area (Å²) in [5.41, 5.74) is -1.58. The van der Waals surface area contributed by atoms with E-state index in [0.29, 0.717) is 19.3 Å². The first-order valence-electron chi connectivity index (χ1n) is 28.0. The maximum absolute atomic E-state index is 12.5. The molecule has 0 spiro atoms. The molecule has 4 aliphatic heterocycles. The minimum Gasteiger partial charge on any atom is -0.394 e. The lowest BCUT2D eigenvalue weighted by atomic mass is 9.38. The molecular weight excluding hydrogens is 1030 g/mol. The van der Waals surface area contributed by atoms with Crippen LogP contribution < -0.4 is 0 Å². The highest BCUT2D eigenvalue weighted by atomic mass is 16.8. The maximum atomic E-state index is 12.5. The third kappa shape index (κ3) is 11.0. The third-order valence-electron chi connectivity index (χ3n) is 20.8. The summed E-state index contributed by atoms with van der Waals surface area (Å²) in [6.07, 6.45) is -30.0. The Labute approximate surface area is 455 Å². The average Bonchev–Trinajstić information content (AvgIpc) is 3.86. The quantitative estimate of drug-likeness (QED) is 0.0637. The molecule has 24 heteroatoms. The molecule has 4 aliphatic carbocycles. The van der Waals surface area contributed by atoms with Crippen LogP contribution in [0.1, 0.15) is 107 Å². The zero-order chi connectivity index (χ0) is 57.5. The molecule has 0 aromatic heterocycles. The van der Waals surface area contributed by atoms with Crippen molar-refractivity contribution < 1.29 is 120 Å². The molecule has 24 nitrogen and oxygen atoms in total. The Bertz CT molecular complexity index is 2020. The van der Waals surface area contributed by atoms with Gasteiger partial charge in [-0.25, -0.2) is 0 Å². The highest BCUT2D eigenvalue weighted by molar-refractivity contribution is 5.31. The van der Waals surface area contributed by atoms with Gasteiger partial charge in [0.15, 0.2) is 25.2 Å². The van der Waals surface area contributed by atoms with Gasteiger partial charge in [0.1, 0.15) is 97.7 Å². The van der Waals surface area contributed by atoms with Gasteiger partial charge in [-0.1, -0.05) is 53.2 Å². The first-order valence-corrected chi connectivity index (χ1v) is 28.0. The van der Waals surface area contributed by atoms with Crippen LogP contribution in [-0.2, 0) is 37.9 Å². The molecule has 7 fully saturated rings. The first-order chi connectivity index (χ1) is 36.4. The zero-order valence-corrected chi connectivity index (χ0v) is 46.1. The fraction of sp³-hybridized carbons (Fsp3) is 0.963. The predicted octanol–water partition coefficient (Wildman–Crippen LogP) is -3.23. The van der Waals surface area contributed by atoms with E-state index in [4.69, 9.17) is 37.9 Å². The Hall–Kier alpha value is -1.22. The van der Waals surface area contributed by atoms with Gasteiger partial charge in [0, 0.05) is 10.8 Å². The Morgan fingerprint density at radius 2 is 1.09 bits per heavy atom. The van der Waals surface area contributed by atoms with E-state index in [-0.39, 0.29) is 46.3 Å². The second-order valence-electron chi connectivity index (χ2n) is 25.9. The Morgan fingerprint density at radius 3 is 1.68 bits per heavy atom. The van der Waals surface area contributed by atoms with Crippen LogP contribution in [-0.4, -0.2) is 255 Å². The van der Waals surface area contributed by atoms with Crippen LogP contribution in [0.3, 0.4) is 0 Å². The van der Waals surface area contributed by atoms with E-state index in [2.05, 4.69) is 47.6 Å². The van der Waals surface area contributed by atoms with Crippen molar-refractivity contribution in [2.24, 2.45) is 45.3 Å². The van der Waals surface area contributed by atoms with E-state index < -0.39 is 179 Å². The highest BCUT2D eigenvalue weighted by Crippen LogP contribution is 2.75. The summed E-state index contributed by atoms with van der Waals surface area (Å²) in [5, 5.41) is 175. The van der Waals surface area contributed by atoms with Crippen molar-refractivity contribution in [1.82, 2.24) is 0 Å². The van der Waals surface area contributed by atoms with Crippen LogP contribution in [0.25, 0.3) is 0 Å². The largest absolute Gasteiger partial charge is 0.394 e. The molecular formula is C54H92O24. The lowest BCUT2D eigenvalue weighted by Gasteiger charge is -2.67. The second kappa shape index (κ2) is 23.7. The summed E-state index contributed by atoms with van der Waals surface area (Å²) in [5.74, 6) is 0.494. The van der Waals surface area contributed by atoms with Crippen molar-refractivity contribution in [3.05, 3.63) is 11.6 Å². The Balaban J connectivity index is 1.01. The molecule has 30 atom stereocenters. The molecule has 0 radical (unpaired) electrons. The molecule has 452 valence electrons. The maximum Gasteiger partial charge on any atom is 0.187 e. The van der Waals surface area contributed by atoms with Gasteiger partial charge in [0.2, 0.25) is 0 Å². The van der Waals surface area contributed by atoms with Gasteiger partial charge in [-0.3, -0.25) is 0 Å². The van der Waals surface area contributed by atoms with Crippen LogP contribution in [0.15, 0.2) is 11.6 Å². The summed E-state index contributed by atoms with van der Waals surface area (Å²) < 4.78 is 47.2. The van der Waals surface area contributed by atoms with Crippen LogP contribution >= 0.6 is 0 Å². The van der Waals surface area contributed by atoms with Gasteiger partial charge in [-0.05, 0) is 99.7 Å². The molecule has 0 aromatic carbocycles. The molecule has 3 unspecified atom stereocenters. The highest BCUT2D eigenvalue weighted by Gasteiger charge is 2.70. The first kappa shape index (κ1) is 62.8. The second-order valence-corrected chi connectivity index (χ2v) is 25.9. The van der Waals surface area contributed by atoms with E-state index in [1.807, 2.05) is 0 Å². The van der Waals surface area contributed by atoms with Crippen LogP contribution in [0.2, 0.25) is 0 Å². The Morgan fingerprint density at radius 1 is 0.577 bits per heavy atom. The summed E-state index contributed by atoms with van der Waals surface area (Å²) in [7, 11) is 0. The smallest absolute Gasteiger partial charge is 0.187 e. The minimum absolute atomic E-state index is 0.0209. The van der Waals surface area contributed by atoms with E-state index in [9.17, 15) is 81.7 Å². The third-order valence-corrected chi connectivity index (χ3v) is 20.8. The molecule has 0 aromatic rings. The van der Waals surface area contributed by atoms with Crippen LogP contribution in [0.4, 0.5) is 0 Å². The number of fused-ring (bicyclic) bond motifs is 5. The van der Waals surface area contributed by atoms with Gasteiger partial charge in [-0.2, -0.15) is 0 Å². The van der Waals surface area contributed by atoms with Crippen molar-refractivity contribution in [2.75, 3.05) is 26.4 Å². The van der Waals surface area contributed by atoms with Gasteiger partial charge in [-0.15, -0.1) is 0 Å². The molecule has 8 rings (SSSR count). The number of ether oxygens (including phenoxy) is 8. The normalized spacial score (nSPS) is 51.4. The van der Waals surface area contributed by atoms with Crippen LogP contribution in [0, 0.1) is 45.3 Å². The van der Waals surface area contributed by atoms with Crippen LogP contribution in [0.5, 0.6) is 0 Å². The number of rotatable bonds is 17. The molecule has 16 N–H and O–H groups in total. The van der Waals surface area contributed by atoms with E-state index in [1.54, 1.807) is 0 Å². The molecule has 78 heavy (non-hydrogen) atoms. The summed E-state index contributed by atoms with van der Waals surface area (Å²) in [6, 6.07) is 0. The number of hydrogen-bond donors (Lipinski definition) is 16. The molecule has 4 saturated heterocycles. The summed E-state index contributed by atoms with van der Waals surface area (Å²) in [4.78, 5) is 0. The van der Waals surface area contributed by atoms with Crippen molar-refractivity contribution >= 4 is 0 Å². The SMILES string of the molecule is C[C@H](CC[C@@H](O[C@@H]1O[C@H](CO[C@H]2O[C@H](CO)[C@@H](O)[C@H](O)[C@H]2O)[C@@H](O)[C@H](O)[C@H]1O[C@@H]1O[C@H](CO)[C@@H](O[C@@H]2O[C@H](CO)[C@@H](O)[C@H](O)[C@H]2O)[C@H](O)[C@H]1O)C(C)(C)O)C1CC[C@@]2(C)C3CC=C4C(CC[C@H](O)C4(C)C)[C@]3(C)[C@H](O)C[C@]12C. The van der Waals surface area contributed by atoms with Gasteiger partial charge in [0.05, 0.1) is 50.3 Å². The number of aliphatic hydroxyl groups excluding tert-OH is 15. The summed E-state index contributed by atoms with van der Waals surface area (Å²) >= 11 is 0. The molecule has 4 heterocycles. The van der Waals surface area contributed by atoms with Crippen molar-refractivity contribution in [3.8, 4) is 0 Å². The molecule has 8 aliphatic rings. The number of hydrogen-bond acceptors (Lipinski definition) is 24. The van der Waals surface area contributed by atoms with Gasteiger partial charge in [0.25, 0.3) is 0 Å². The summed E-state index contributed by atoms with van der Waals surface area (Å²) in [6.45, 7) is 13.2.